The van der Waals surface area contributed by atoms with Crippen molar-refractivity contribution in [2.45, 2.75) is 26.8 Å². The smallest absolute Gasteiger partial charge is 0.129 e. The van der Waals surface area contributed by atoms with E-state index in [2.05, 4.69) is 15.5 Å². The Balaban J connectivity index is 2.85. The van der Waals surface area contributed by atoms with Crippen LogP contribution >= 0.6 is 0 Å². The zero-order valence-corrected chi connectivity index (χ0v) is 11.6. The Morgan fingerprint density at radius 1 is 1.37 bits per heavy atom. The van der Waals surface area contributed by atoms with Gasteiger partial charge in [0.05, 0.1) is 5.52 Å². The van der Waals surface area contributed by atoms with Crippen LogP contribution in [0.15, 0.2) is 17.3 Å². The molecule has 0 spiro atoms. The quantitative estimate of drug-likeness (QED) is 0.829. The molecule has 5 heteroatoms. The second-order valence-corrected chi connectivity index (χ2v) is 4.80. The van der Waals surface area contributed by atoms with Gasteiger partial charge in [0.25, 0.3) is 0 Å². The Hall–Kier alpha value is -2.01. The van der Waals surface area contributed by atoms with Crippen molar-refractivity contribution in [1.29, 1.82) is 0 Å². The van der Waals surface area contributed by atoms with Crippen molar-refractivity contribution in [3.63, 3.8) is 0 Å². The second-order valence-electron chi connectivity index (χ2n) is 4.80. The van der Waals surface area contributed by atoms with Gasteiger partial charge in [-0.2, -0.15) is 0 Å². The third kappa shape index (κ3) is 2.17. The molecule has 1 atom stereocenters. The molecule has 0 fully saturated rings. The van der Waals surface area contributed by atoms with Crippen molar-refractivity contribution < 1.29 is 0 Å². The third-order valence-corrected chi connectivity index (χ3v) is 3.57. The average Bonchev–Trinajstić information content (AvgIpc) is 2.39. The number of benzene rings is 1. The standard InChI is InChI=1S/C14H18N4O/c1-7-5-10(18-19)6-11-8(2)12(9(3)16-4)14(15)17-13(7)11/h5-6,9,16H,1-4H3,(H2,15,17). The molecule has 19 heavy (non-hydrogen) atoms. The molecule has 2 rings (SSSR count). The first kappa shape index (κ1) is 13.4. The monoisotopic (exact) mass is 258 g/mol. The van der Waals surface area contributed by atoms with Crippen molar-refractivity contribution in [3.8, 4) is 0 Å². The molecule has 0 aliphatic rings. The lowest BCUT2D eigenvalue weighted by Crippen LogP contribution is -2.16. The molecule has 0 radical (unpaired) electrons. The van der Waals surface area contributed by atoms with Gasteiger partial charge in [-0.05, 0) is 56.3 Å². The maximum atomic E-state index is 10.7. The van der Waals surface area contributed by atoms with E-state index < -0.39 is 0 Å². The molecule has 5 nitrogen and oxygen atoms in total. The number of pyridine rings is 1. The van der Waals surface area contributed by atoms with E-state index in [0.717, 1.165) is 27.6 Å². The van der Waals surface area contributed by atoms with Gasteiger partial charge >= 0.3 is 0 Å². The molecule has 1 unspecified atom stereocenters. The predicted octanol–water partition coefficient (Wildman–Crippen LogP) is 3.11. The SMILES string of the molecule is CNC(C)c1c(N)nc2c(C)cc(N=O)cc2c1C. The number of nitroso groups, excluding NO2 is 1. The van der Waals surface area contributed by atoms with Crippen LogP contribution in [0, 0.1) is 18.8 Å². The van der Waals surface area contributed by atoms with Crippen LogP contribution < -0.4 is 11.1 Å². The minimum Gasteiger partial charge on any atom is -0.383 e. The largest absolute Gasteiger partial charge is 0.383 e. The number of nitrogens with two attached hydrogens (primary N) is 1. The molecule has 0 saturated heterocycles. The Morgan fingerprint density at radius 2 is 2.05 bits per heavy atom. The van der Waals surface area contributed by atoms with E-state index >= 15 is 0 Å². The molecule has 0 saturated carbocycles. The number of anilines is 1. The number of rotatable bonds is 3. The van der Waals surface area contributed by atoms with Gasteiger partial charge in [-0.1, -0.05) is 0 Å². The van der Waals surface area contributed by atoms with E-state index in [-0.39, 0.29) is 6.04 Å². The number of hydrogen-bond acceptors (Lipinski definition) is 5. The summed E-state index contributed by atoms with van der Waals surface area (Å²) in [7, 11) is 1.88. The first-order chi connectivity index (χ1) is 8.99. The fourth-order valence-electron chi connectivity index (χ4n) is 2.46. The molecular formula is C14H18N4O. The highest BCUT2D eigenvalue weighted by atomic mass is 16.3. The number of hydrogen-bond donors (Lipinski definition) is 2. The van der Waals surface area contributed by atoms with Crippen molar-refractivity contribution in [2.24, 2.45) is 5.18 Å². The maximum Gasteiger partial charge on any atom is 0.129 e. The predicted molar refractivity (Wildman–Crippen MR) is 78.6 cm³/mol. The summed E-state index contributed by atoms with van der Waals surface area (Å²) in [5.41, 5.74) is 10.2. The van der Waals surface area contributed by atoms with Crippen molar-refractivity contribution in [1.82, 2.24) is 10.3 Å². The van der Waals surface area contributed by atoms with Gasteiger partial charge in [0, 0.05) is 17.0 Å². The van der Waals surface area contributed by atoms with Gasteiger partial charge in [-0.15, -0.1) is 4.91 Å². The van der Waals surface area contributed by atoms with Crippen LogP contribution in [-0.4, -0.2) is 12.0 Å². The number of aryl methyl sites for hydroxylation is 2. The highest BCUT2D eigenvalue weighted by molar-refractivity contribution is 5.90. The Kier molecular flexibility index (Phi) is 3.48. The summed E-state index contributed by atoms with van der Waals surface area (Å²) in [4.78, 5) is 15.2. The molecular weight excluding hydrogens is 240 g/mol. The minimum atomic E-state index is 0.102. The highest BCUT2D eigenvalue weighted by Crippen LogP contribution is 2.32. The Labute approximate surface area is 112 Å². The summed E-state index contributed by atoms with van der Waals surface area (Å²) >= 11 is 0. The van der Waals surface area contributed by atoms with E-state index in [1.165, 1.54) is 0 Å². The first-order valence-corrected chi connectivity index (χ1v) is 6.20. The van der Waals surface area contributed by atoms with Crippen LogP contribution in [0.4, 0.5) is 11.5 Å². The summed E-state index contributed by atoms with van der Waals surface area (Å²) in [5, 5.41) is 7.11. The number of nitrogens with zero attached hydrogens (tertiary/aromatic N) is 2. The van der Waals surface area contributed by atoms with E-state index in [9.17, 15) is 4.91 Å². The van der Waals surface area contributed by atoms with Crippen LogP contribution in [0.1, 0.15) is 29.7 Å². The minimum absolute atomic E-state index is 0.102. The Bertz CT molecular complexity index is 652. The molecule has 2 aromatic rings. The second kappa shape index (κ2) is 4.93. The van der Waals surface area contributed by atoms with Gasteiger partial charge in [0.1, 0.15) is 11.5 Å². The molecule has 1 heterocycles. The lowest BCUT2D eigenvalue weighted by Gasteiger charge is -2.18. The van der Waals surface area contributed by atoms with Gasteiger partial charge in [-0.25, -0.2) is 4.98 Å². The first-order valence-electron chi connectivity index (χ1n) is 6.20. The summed E-state index contributed by atoms with van der Waals surface area (Å²) < 4.78 is 0. The fourth-order valence-corrected chi connectivity index (χ4v) is 2.46. The molecule has 1 aromatic carbocycles. The van der Waals surface area contributed by atoms with E-state index in [1.54, 1.807) is 12.1 Å². The molecule has 0 aliphatic carbocycles. The number of fused-ring (bicyclic) bond motifs is 1. The zero-order valence-electron chi connectivity index (χ0n) is 11.6. The van der Waals surface area contributed by atoms with Gasteiger partial charge in [0.2, 0.25) is 0 Å². The lowest BCUT2D eigenvalue weighted by atomic mass is 9.97. The maximum absolute atomic E-state index is 10.7. The molecule has 0 aliphatic heterocycles. The normalized spacial score (nSPS) is 12.6. The van der Waals surface area contributed by atoms with E-state index in [0.29, 0.717) is 11.5 Å². The molecule has 0 bridgehead atoms. The van der Waals surface area contributed by atoms with Crippen LogP contribution in [0.5, 0.6) is 0 Å². The van der Waals surface area contributed by atoms with Crippen molar-refractivity contribution in [3.05, 3.63) is 33.7 Å². The van der Waals surface area contributed by atoms with Gasteiger partial charge in [0.15, 0.2) is 0 Å². The molecule has 100 valence electrons. The number of nitrogen functional groups attached to an aromatic ring is 1. The molecule has 3 N–H and O–H groups in total. The highest BCUT2D eigenvalue weighted by Gasteiger charge is 2.16. The van der Waals surface area contributed by atoms with Crippen LogP contribution in [0.2, 0.25) is 0 Å². The summed E-state index contributed by atoms with van der Waals surface area (Å²) in [5.74, 6) is 0.529. The summed E-state index contributed by atoms with van der Waals surface area (Å²) in [6.45, 7) is 5.93. The third-order valence-electron chi connectivity index (χ3n) is 3.57. The van der Waals surface area contributed by atoms with E-state index in [1.807, 2.05) is 27.8 Å². The topological polar surface area (TPSA) is 80.4 Å². The summed E-state index contributed by atoms with van der Waals surface area (Å²) in [6.07, 6.45) is 0. The van der Waals surface area contributed by atoms with Gasteiger partial charge < -0.3 is 11.1 Å². The summed E-state index contributed by atoms with van der Waals surface area (Å²) in [6, 6.07) is 3.59. The average molecular weight is 258 g/mol. The van der Waals surface area contributed by atoms with Gasteiger partial charge in [-0.3, -0.25) is 0 Å². The van der Waals surface area contributed by atoms with Crippen LogP contribution in [-0.2, 0) is 0 Å². The molecule has 0 amide bonds. The van der Waals surface area contributed by atoms with Crippen LogP contribution in [0.25, 0.3) is 10.9 Å². The Morgan fingerprint density at radius 3 is 2.63 bits per heavy atom. The number of aromatic nitrogens is 1. The number of nitrogens with one attached hydrogen (secondary N) is 1. The van der Waals surface area contributed by atoms with Crippen molar-refractivity contribution >= 4 is 22.4 Å². The van der Waals surface area contributed by atoms with Crippen molar-refractivity contribution in [2.75, 3.05) is 12.8 Å². The molecule has 1 aromatic heterocycles. The fraction of sp³-hybridized carbons (Fsp3) is 0.357. The lowest BCUT2D eigenvalue weighted by molar-refractivity contribution is 0.649. The van der Waals surface area contributed by atoms with Crippen LogP contribution in [0.3, 0.4) is 0 Å². The van der Waals surface area contributed by atoms with E-state index in [4.69, 9.17) is 5.73 Å². The zero-order chi connectivity index (χ0) is 14.2.